The van der Waals surface area contributed by atoms with E-state index in [4.69, 9.17) is 14.2 Å². The lowest BCUT2D eigenvalue weighted by Gasteiger charge is -2.07. The fraction of sp³-hybridized carbons (Fsp3) is 0.200. The maximum absolute atomic E-state index is 5.71. The fourth-order valence-corrected chi connectivity index (χ4v) is 1.83. The van der Waals surface area contributed by atoms with E-state index in [0.717, 1.165) is 22.8 Å². The summed E-state index contributed by atoms with van der Waals surface area (Å²) in [6, 6.07) is 13.9. The van der Waals surface area contributed by atoms with Crippen LogP contribution in [0.15, 0.2) is 42.5 Å². The van der Waals surface area contributed by atoms with Gasteiger partial charge in [0, 0.05) is 0 Å². The minimum Gasteiger partial charge on any atom is -0.489 e. The molecule has 18 heavy (non-hydrogen) atoms. The minimum absolute atomic E-state index is 0.303. The van der Waals surface area contributed by atoms with Crippen LogP contribution < -0.4 is 14.2 Å². The first-order chi connectivity index (χ1) is 8.81. The van der Waals surface area contributed by atoms with E-state index in [0.29, 0.717) is 13.4 Å². The zero-order valence-corrected chi connectivity index (χ0v) is 10.2. The van der Waals surface area contributed by atoms with E-state index in [2.05, 4.69) is 6.92 Å². The molecule has 1 aliphatic heterocycles. The van der Waals surface area contributed by atoms with E-state index >= 15 is 0 Å². The highest BCUT2D eigenvalue weighted by molar-refractivity contribution is 5.44. The molecular formula is C15H14O3. The van der Waals surface area contributed by atoms with Crippen molar-refractivity contribution in [2.75, 3.05) is 6.79 Å². The molecule has 3 rings (SSSR count). The number of hydrogen-bond acceptors (Lipinski definition) is 3. The summed E-state index contributed by atoms with van der Waals surface area (Å²) in [6.07, 6.45) is 0. The Balaban J connectivity index is 1.68. The summed E-state index contributed by atoms with van der Waals surface area (Å²) in [5.74, 6) is 2.47. The first kappa shape index (κ1) is 11.0. The number of fused-ring (bicyclic) bond motifs is 1. The van der Waals surface area contributed by atoms with E-state index in [-0.39, 0.29) is 0 Å². The van der Waals surface area contributed by atoms with E-state index in [1.165, 1.54) is 5.56 Å². The van der Waals surface area contributed by atoms with Crippen molar-refractivity contribution in [3.63, 3.8) is 0 Å². The molecule has 0 N–H and O–H groups in total. The topological polar surface area (TPSA) is 27.7 Å². The first-order valence-corrected chi connectivity index (χ1v) is 5.89. The lowest BCUT2D eigenvalue weighted by atomic mass is 10.2. The molecule has 2 aromatic carbocycles. The Labute approximate surface area is 106 Å². The van der Waals surface area contributed by atoms with Crippen molar-refractivity contribution < 1.29 is 14.2 Å². The van der Waals surface area contributed by atoms with Crippen LogP contribution in [0.25, 0.3) is 0 Å². The number of ether oxygens (including phenoxy) is 3. The van der Waals surface area contributed by atoms with Crippen LogP contribution in [0.1, 0.15) is 11.1 Å². The molecule has 0 spiro atoms. The lowest BCUT2D eigenvalue weighted by Crippen LogP contribution is -1.95. The Morgan fingerprint density at radius 1 is 1.00 bits per heavy atom. The van der Waals surface area contributed by atoms with Gasteiger partial charge in [-0.3, -0.25) is 0 Å². The standard InChI is InChI=1S/C15H14O3/c1-11-2-5-13(6-3-11)16-9-12-4-7-14-15(8-12)18-10-17-14/h2-8H,9-10H2,1H3. The van der Waals surface area contributed by atoms with Gasteiger partial charge in [0.05, 0.1) is 0 Å². The zero-order valence-electron chi connectivity index (χ0n) is 10.2. The third-order valence-corrected chi connectivity index (χ3v) is 2.86. The lowest BCUT2D eigenvalue weighted by molar-refractivity contribution is 0.174. The SMILES string of the molecule is Cc1ccc(OCc2ccc3c(c2)OCO3)cc1. The number of benzene rings is 2. The quantitative estimate of drug-likeness (QED) is 0.826. The van der Waals surface area contributed by atoms with Gasteiger partial charge in [0.2, 0.25) is 6.79 Å². The maximum Gasteiger partial charge on any atom is 0.231 e. The van der Waals surface area contributed by atoms with Gasteiger partial charge in [-0.05, 0) is 36.8 Å². The summed E-state index contributed by atoms with van der Waals surface area (Å²) in [6.45, 7) is 2.89. The van der Waals surface area contributed by atoms with Crippen molar-refractivity contribution in [3.8, 4) is 17.2 Å². The Morgan fingerprint density at radius 3 is 2.61 bits per heavy atom. The van der Waals surface area contributed by atoms with Gasteiger partial charge < -0.3 is 14.2 Å². The number of hydrogen-bond donors (Lipinski definition) is 0. The van der Waals surface area contributed by atoms with E-state index < -0.39 is 0 Å². The molecule has 92 valence electrons. The van der Waals surface area contributed by atoms with Crippen molar-refractivity contribution in [1.29, 1.82) is 0 Å². The highest BCUT2D eigenvalue weighted by atomic mass is 16.7. The smallest absolute Gasteiger partial charge is 0.231 e. The monoisotopic (exact) mass is 242 g/mol. The summed E-state index contributed by atoms with van der Waals surface area (Å²) in [5, 5.41) is 0. The third kappa shape index (κ3) is 2.25. The molecule has 3 heteroatoms. The van der Waals surface area contributed by atoms with Crippen LogP contribution in [0.5, 0.6) is 17.2 Å². The van der Waals surface area contributed by atoms with Crippen LogP contribution in [-0.2, 0) is 6.61 Å². The molecule has 0 amide bonds. The molecular weight excluding hydrogens is 228 g/mol. The molecule has 1 heterocycles. The van der Waals surface area contributed by atoms with Gasteiger partial charge in [-0.25, -0.2) is 0 Å². The zero-order chi connectivity index (χ0) is 12.4. The van der Waals surface area contributed by atoms with Crippen LogP contribution >= 0.6 is 0 Å². The van der Waals surface area contributed by atoms with Crippen LogP contribution in [-0.4, -0.2) is 6.79 Å². The summed E-state index contributed by atoms with van der Waals surface area (Å²) in [5.41, 5.74) is 2.30. The fourth-order valence-electron chi connectivity index (χ4n) is 1.83. The van der Waals surface area contributed by atoms with E-state index in [1.807, 2.05) is 42.5 Å². The number of aryl methyl sites for hydroxylation is 1. The van der Waals surface area contributed by atoms with E-state index in [9.17, 15) is 0 Å². The van der Waals surface area contributed by atoms with E-state index in [1.54, 1.807) is 0 Å². The maximum atomic E-state index is 5.71. The molecule has 0 atom stereocenters. The Bertz CT molecular complexity index is 546. The van der Waals surface area contributed by atoms with Crippen molar-refractivity contribution in [3.05, 3.63) is 53.6 Å². The second kappa shape index (κ2) is 4.61. The second-order valence-electron chi connectivity index (χ2n) is 4.29. The molecule has 0 fully saturated rings. The average Bonchev–Trinajstić information content (AvgIpc) is 2.85. The van der Waals surface area contributed by atoms with Gasteiger partial charge in [0.25, 0.3) is 0 Å². The second-order valence-corrected chi connectivity index (χ2v) is 4.29. The number of rotatable bonds is 3. The van der Waals surface area contributed by atoms with Gasteiger partial charge in [-0.15, -0.1) is 0 Å². The molecule has 0 unspecified atom stereocenters. The third-order valence-electron chi connectivity index (χ3n) is 2.86. The van der Waals surface area contributed by atoms with Crippen LogP contribution in [0, 0.1) is 6.92 Å². The first-order valence-electron chi connectivity index (χ1n) is 5.89. The highest BCUT2D eigenvalue weighted by Crippen LogP contribution is 2.32. The molecule has 0 aliphatic carbocycles. The summed E-state index contributed by atoms with van der Waals surface area (Å²) >= 11 is 0. The Kier molecular flexibility index (Phi) is 2.81. The molecule has 1 aliphatic rings. The normalized spacial score (nSPS) is 12.5. The van der Waals surface area contributed by atoms with Gasteiger partial charge >= 0.3 is 0 Å². The van der Waals surface area contributed by atoms with Gasteiger partial charge in [0.15, 0.2) is 11.5 Å². The molecule has 0 radical (unpaired) electrons. The minimum atomic E-state index is 0.303. The van der Waals surface area contributed by atoms with Crippen LogP contribution in [0.2, 0.25) is 0 Å². The summed E-state index contributed by atoms with van der Waals surface area (Å²) in [4.78, 5) is 0. The molecule has 0 aromatic heterocycles. The summed E-state index contributed by atoms with van der Waals surface area (Å²) in [7, 11) is 0. The average molecular weight is 242 g/mol. The van der Waals surface area contributed by atoms with Gasteiger partial charge in [0.1, 0.15) is 12.4 Å². The van der Waals surface area contributed by atoms with Crippen molar-refractivity contribution in [2.24, 2.45) is 0 Å². The Morgan fingerprint density at radius 2 is 1.78 bits per heavy atom. The van der Waals surface area contributed by atoms with Crippen LogP contribution in [0.4, 0.5) is 0 Å². The van der Waals surface area contributed by atoms with Crippen molar-refractivity contribution in [1.82, 2.24) is 0 Å². The van der Waals surface area contributed by atoms with Crippen LogP contribution in [0.3, 0.4) is 0 Å². The van der Waals surface area contributed by atoms with Gasteiger partial charge in [-0.1, -0.05) is 23.8 Å². The molecule has 2 aromatic rings. The largest absolute Gasteiger partial charge is 0.489 e. The predicted molar refractivity (Wildman–Crippen MR) is 68.1 cm³/mol. The van der Waals surface area contributed by atoms with Crippen molar-refractivity contribution in [2.45, 2.75) is 13.5 Å². The Hall–Kier alpha value is -2.16. The predicted octanol–water partition coefficient (Wildman–Crippen LogP) is 3.30. The highest BCUT2D eigenvalue weighted by Gasteiger charge is 2.13. The molecule has 0 saturated carbocycles. The molecule has 3 nitrogen and oxygen atoms in total. The summed E-state index contributed by atoms with van der Waals surface area (Å²) < 4.78 is 16.3. The van der Waals surface area contributed by atoms with Gasteiger partial charge in [-0.2, -0.15) is 0 Å². The molecule has 0 bridgehead atoms. The molecule has 0 saturated heterocycles. The van der Waals surface area contributed by atoms with Crippen molar-refractivity contribution >= 4 is 0 Å².